The first-order valence-corrected chi connectivity index (χ1v) is 9.31. The highest BCUT2D eigenvalue weighted by atomic mass is 127. The number of hydrogen-bond donors (Lipinski definition) is 0. The van der Waals surface area contributed by atoms with Gasteiger partial charge in [0.1, 0.15) is 0 Å². The standard InChI is InChI=1S/C17H19BIO2/c1-17(2)12-20-18(21-13-17)14-8-10-16(11-9-14)19-15-6-4-3-5-7-15/h3-11H,12-13H2,1-2H3/q+1. The van der Waals surface area contributed by atoms with Crippen molar-refractivity contribution in [1.29, 1.82) is 0 Å². The lowest BCUT2D eigenvalue weighted by molar-refractivity contribution is -0.597. The van der Waals surface area contributed by atoms with Crippen molar-refractivity contribution in [2.24, 2.45) is 5.41 Å². The Morgan fingerprint density at radius 2 is 1.43 bits per heavy atom. The fraction of sp³-hybridized carbons (Fsp3) is 0.294. The highest BCUT2D eigenvalue weighted by Gasteiger charge is 2.33. The van der Waals surface area contributed by atoms with Gasteiger partial charge in [-0.3, -0.25) is 0 Å². The van der Waals surface area contributed by atoms with E-state index in [-0.39, 0.29) is 33.7 Å². The lowest BCUT2D eigenvalue weighted by Gasteiger charge is -2.33. The zero-order chi connectivity index (χ0) is 14.7. The summed E-state index contributed by atoms with van der Waals surface area (Å²) in [5, 5.41) is 0. The first-order chi connectivity index (χ1) is 10.1. The summed E-state index contributed by atoms with van der Waals surface area (Å²) in [6.07, 6.45) is 0. The van der Waals surface area contributed by atoms with Crippen LogP contribution in [0.3, 0.4) is 0 Å². The molecule has 1 aliphatic heterocycles. The second kappa shape index (κ2) is 6.50. The lowest BCUT2D eigenvalue weighted by Crippen LogP contribution is -3.61. The molecule has 0 atom stereocenters. The van der Waals surface area contributed by atoms with Crippen molar-refractivity contribution >= 4 is 12.6 Å². The van der Waals surface area contributed by atoms with Crippen LogP contribution in [0.15, 0.2) is 54.6 Å². The van der Waals surface area contributed by atoms with Crippen LogP contribution in [0, 0.1) is 12.6 Å². The second-order valence-corrected chi connectivity index (χ2v) is 9.09. The molecule has 0 radical (unpaired) electrons. The van der Waals surface area contributed by atoms with Gasteiger partial charge in [-0.1, -0.05) is 44.2 Å². The third kappa shape index (κ3) is 4.08. The maximum absolute atomic E-state index is 5.82. The van der Waals surface area contributed by atoms with Gasteiger partial charge in [0.25, 0.3) is 0 Å². The molecule has 0 bridgehead atoms. The van der Waals surface area contributed by atoms with Crippen LogP contribution in [0.2, 0.25) is 0 Å². The van der Waals surface area contributed by atoms with E-state index in [9.17, 15) is 0 Å². The van der Waals surface area contributed by atoms with Gasteiger partial charge in [0.15, 0.2) is 7.14 Å². The van der Waals surface area contributed by atoms with Gasteiger partial charge in [-0.05, 0) is 29.7 Å². The Bertz CT molecular complexity index is 573. The molecule has 2 aromatic carbocycles. The maximum atomic E-state index is 5.82. The average Bonchev–Trinajstić information content (AvgIpc) is 2.49. The molecule has 3 rings (SSSR count). The predicted molar refractivity (Wildman–Crippen MR) is 81.4 cm³/mol. The topological polar surface area (TPSA) is 18.5 Å². The largest absolute Gasteiger partial charge is 0.493 e. The summed E-state index contributed by atoms with van der Waals surface area (Å²) in [7, 11) is -0.206. The summed E-state index contributed by atoms with van der Waals surface area (Å²) in [5.74, 6) is 0. The van der Waals surface area contributed by atoms with Crippen molar-refractivity contribution in [3.8, 4) is 0 Å². The molecule has 1 heterocycles. The van der Waals surface area contributed by atoms with E-state index in [4.69, 9.17) is 9.31 Å². The quantitative estimate of drug-likeness (QED) is 0.522. The minimum Gasteiger partial charge on any atom is -0.407 e. The summed E-state index contributed by atoms with van der Waals surface area (Å²) in [5.41, 5.74) is 1.24. The summed E-state index contributed by atoms with van der Waals surface area (Å²) in [4.78, 5) is 0. The molecule has 4 heteroatoms. The minimum absolute atomic E-state index is 0.100. The molecule has 0 amide bonds. The fourth-order valence-corrected chi connectivity index (χ4v) is 4.38. The SMILES string of the molecule is CC1(C)COB(c2ccc([I+]c3ccccc3)cc2)OC1. The Labute approximate surface area is 137 Å². The Hall–Kier alpha value is -0.845. The second-order valence-electron chi connectivity index (χ2n) is 6.06. The summed E-state index contributed by atoms with van der Waals surface area (Å²) < 4.78 is 14.5. The van der Waals surface area contributed by atoms with E-state index < -0.39 is 0 Å². The molecule has 1 saturated heterocycles. The van der Waals surface area contributed by atoms with Gasteiger partial charge in [-0.25, -0.2) is 0 Å². The monoisotopic (exact) mass is 393 g/mol. The zero-order valence-corrected chi connectivity index (χ0v) is 14.5. The fourth-order valence-electron chi connectivity index (χ4n) is 2.17. The van der Waals surface area contributed by atoms with Gasteiger partial charge in [-0.2, -0.15) is 0 Å². The van der Waals surface area contributed by atoms with Crippen LogP contribution in [0.1, 0.15) is 13.8 Å². The van der Waals surface area contributed by atoms with Gasteiger partial charge >= 0.3 is 28.3 Å². The molecule has 0 unspecified atom stereocenters. The maximum Gasteiger partial charge on any atom is 0.493 e. The molecule has 0 saturated carbocycles. The van der Waals surface area contributed by atoms with Crippen LogP contribution in [-0.2, 0) is 9.31 Å². The minimum atomic E-state index is -0.206. The average molecular weight is 393 g/mol. The van der Waals surface area contributed by atoms with Crippen molar-refractivity contribution in [3.05, 3.63) is 61.7 Å². The van der Waals surface area contributed by atoms with Crippen LogP contribution in [-0.4, -0.2) is 20.3 Å². The molecule has 2 nitrogen and oxygen atoms in total. The van der Waals surface area contributed by atoms with Gasteiger partial charge in [0, 0.05) is 18.6 Å². The van der Waals surface area contributed by atoms with E-state index in [1.807, 2.05) is 0 Å². The van der Waals surface area contributed by atoms with E-state index >= 15 is 0 Å². The zero-order valence-electron chi connectivity index (χ0n) is 12.4. The van der Waals surface area contributed by atoms with Crippen molar-refractivity contribution in [1.82, 2.24) is 0 Å². The predicted octanol–water partition coefficient (Wildman–Crippen LogP) is -0.417. The molecular weight excluding hydrogens is 374 g/mol. The first-order valence-electron chi connectivity index (χ1n) is 7.15. The van der Waals surface area contributed by atoms with E-state index in [0.29, 0.717) is 0 Å². The Morgan fingerprint density at radius 3 is 2.05 bits per heavy atom. The molecule has 21 heavy (non-hydrogen) atoms. The highest BCUT2D eigenvalue weighted by molar-refractivity contribution is 6.61. The van der Waals surface area contributed by atoms with Gasteiger partial charge in [0.2, 0.25) is 0 Å². The Kier molecular flexibility index (Phi) is 4.67. The third-order valence-corrected chi connectivity index (χ3v) is 6.03. The lowest BCUT2D eigenvalue weighted by atomic mass is 9.76. The molecule has 0 N–H and O–H groups in total. The number of halogens is 1. The van der Waals surface area contributed by atoms with Gasteiger partial charge < -0.3 is 9.31 Å². The molecule has 0 aromatic heterocycles. The molecule has 108 valence electrons. The van der Waals surface area contributed by atoms with E-state index in [2.05, 4.69) is 68.4 Å². The molecule has 2 aromatic rings. The van der Waals surface area contributed by atoms with Crippen LogP contribution >= 0.6 is 0 Å². The van der Waals surface area contributed by atoms with Crippen LogP contribution in [0.5, 0.6) is 0 Å². The number of benzene rings is 2. The molecule has 1 fully saturated rings. The van der Waals surface area contributed by atoms with Crippen LogP contribution in [0.4, 0.5) is 0 Å². The first kappa shape index (κ1) is 15.1. The van der Waals surface area contributed by atoms with Crippen molar-refractivity contribution in [2.45, 2.75) is 13.8 Å². The van der Waals surface area contributed by atoms with Crippen LogP contribution < -0.4 is 26.7 Å². The number of hydrogen-bond acceptors (Lipinski definition) is 2. The number of rotatable bonds is 3. The molecule has 0 spiro atoms. The van der Waals surface area contributed by atoms with E-state index in [0.717, 1.165) is 18.7 Å². The highest BCUT2D eigenvalue weighted by Crippen LogP contribution is 2.21. The van der Waals surface area contributed by atoms with E-state index in [1.165, 1.54) is 7.14 Å². The molecule has 0 aliphatic carbocycles. The van der Waals surface area contributed by atoms with Crippen molar-refractivity contribution in [2.75, 3.05) is 13.2 Å². The van der Waals surface area contributed by atoms with Gasteiger partial charge in [0.05, 0.1) is 0 Å². The van der Waals surface area contributed by atoms with Crippen LogP contribution in [0.25, 0.3) is 0 Å². The third-order valence-electron chi connectivity index (χ3n) is 3.34. The Morgan fingerprint density at radius 1 is 0.857 bits per heavy atom. The summed E-state index contributed by atoms with van der Waals surface area (Å²) in [6.45, 7) is 5.82. The van der Waals surface area contributed by atoms with E-state index in [1.54, 1.807) is 0 Å². The smallest absolute Gasteiger partial charge is 0.407 e. The van der Waals surface area contributed by atoms with Crippen molar-refractivity contribution < 1.29 is 30.5 Å². The Balaban J connectivity index is 1.65. The van der Waals surface area contributed by atoms with Crippen molar-refractivity contribution in [3.63, 3.8) is 0 Å². The molecular formula is C17H19BIO2+. The normalized spacial score (nSPS) is 17.7. The molecule has 1 aliphatic rings. The van der Waals surface area contributed by atoms with Gasteiger partial charge in [-0.15, -0.1) is 0 Å². The summed E-state index contributed by atoms with van der Waals surface area (Å²) >= 11 is -0.100. The summed E-state index contributed by atoms with van der Waals surface area (Å²) in [6, 6.07) is 19.4.